The van der Waals surface area contributed by atoms with E-state index in [0.717, 1.165) is 33.9 Å². The molecule has 1 aromatic heterocycles. The summed E-state index contributed by atoms with van der Waals surface area (Å²) in [6, 6.07) is 9.59. The first-order valence-corrected chi connectivity index (χ1v) is 7.02. The van der Waals surface area contributed by atoms with Crippen molar-refractivity contribution in [3.63, 3.8) is 0 Å². The molecule has 3 nitrogen and oxygen atoms in total. The van der Waals surface area contributed by atoms with Crippen LogP contribution in [0.15, 0.2) is 41.7 Å². The summed E-state index contributed by atoms with van der Waals surface area (Å²) in [5.74, 6) is 0.923. The average molecular weight is 280 g/mol. The Labute approximate surface area is 116 Å². The summed E-state index contributed by atoms with van der Waals surface area (Å²) in [5, 5.41) is 4.90. The second kappa shape index (κ2) is 6.61. The van der Waals surface area contributed by atoms with Crippen LogP contribution in [0.3, 0.4) is 0 Å². The summed E-state index contributed by atoms with van der Waals surface area (Å²) in [6.45, 7) is 2.83. The second-order valence-electron chi connectivity index (χ2n) is 3.76. The van der Waals surface area contributed by atoms with Gasteiger partial charge in [0.1, 0.15) is 0 Å². The van der Waals surface area contributed by atoms with Gasteiger partial charge in [0.15, 0.2) is 5.16 Å². The van der Waals surface area contributed by atoms with Crippen LogP contribution in [0.2, 0.25) is 5.02 Å². The third-order valence-corrected chi connectivity index (χ3v) is 3.39. The summed E-state index contributed by atoms with van der Waals surface area (Å²) in [4.78, 5) is 8.54. The van der Waals surface area contributed by atoms with Crippen molar-refractivity contribution in [1.29, 1.82) is 0 Å². The fourth-order valence-corrected chi connectivity index (χ4v) is 2.26. The first-order valence-electron chi connectivity index (χ1n) is 5.66. The van der Waals surface area contributed by atoms with Crippen LogP contribution in [-0.4, -0.2) is 22.3 Å². The maximum Gasteiger partial charge on any atom is 0.187 e. The lowest BCUT2D eigenvalue weighted by Crippen LogP contribution is -2.04. The Morgan fingerprint density at radius 1 is 1.22 bits per heavy atom. The number of hydrogen-bond donors (Lipinski definition) is 1. The molecule has 0 saturated carbocycles. The minimum atomic E-state index is 0.753. The van der Waals surface area contributed by atoms with Crippen molar-refractivity contribution in [3.05, 3.63) is 47.2 Å². The number of rotatable bonds is 5. The predicted molar refractivity (Wildman–Crippen MR) is 77.4 cm³/mol. The number of anilines is 1. The summed E-state index contributed by atoms with van der Waals surface area (Å²) < 4.78 is 0. The van der Waals surface area contributed by atoms with E-state index in [1.54, 1.807) is 18.0 Å². The molecule has 0 aliphatic heterocycles. The molecule has 18 heavy (non-hydrogen) atoms. The van der Waals surface area contributed by atoms with Crippen molar-refractivity contribution in [1.82, 2.24) is 9.97 Å². The van der Waals surface area contributed by atoms with E-state index in [4.69, 9.17) is 11.6 Å². The molecule has 2 rings (SSSR count). The number of aromatic nitrogens is 2. The third kappa shape index (κ3) is 4.20. The van der Waals surface area contributed by atoms with Crippen molar-refractivity contribution in [3.8, 4) is 0 Å². The Morgan fingerprint density at radius 2 is 2.00 bits per heavy atom. The first-order chi connectivity index (χ1) is 8.74. The van der Waals surface area contributed by atoms with E-state index in [0.29, 0.717) is 0 Å². The van der Waals surface area contributed by atoms with Crippen LogP contribution in [0.5, 0.6) is 0 Å². The molecule has 2 aromatic rings. The SMILES string of the molecule is Cc1ccnc(SCCNc2ccc(Cl)cc2)n1. The van der Waals surface area contributed by atoms with Crippen LogP contribution in [0.1, 0.15) is 5.69 Å². The van der Waals surface area contributed by atoms with Gasteiger partial charge in [-0.25, -0.2) is 9.97 Å². The van der Waals surface area contributed by atoms with Gasteiger partial charge in [0.05, 0.1) is 0 Å². The second-order valence-corrected chi connectivity index (χ2v) is 5.26. The topological polar surface area (TPSA) is 37.8 Å². The Bertz CT molecular complexity index is 502. The summed E-state index contributed by atoms with van der Waals surface area (Å²) in [7, 11) is 0. The van der Waals surface area contributed by atoms with Crippen LogP contribution in [0, 0.1) is 6.92 Å². The predicted octanol–water partition coefficient (Wildman–Crippen LogP) is 3.64. The van der Waals surface area contributed by atoms with Crippen LogP contribution in [0.4, 0.5) is 5.69 Å². The molecule has 1 aromatic carbocycles. The number of benzene rings is 1. The fraction of sp³-hybridized carbons (Fsp3) is 0.231. The van der Waals surface area contributed by atoms with Crippen molar-refractivity contribution >= 4 is 29.1 Å². The van der Waals surface area contributed by atoms with Gasteiger partial charge in [-0.3, -0.25) is 0 Å². The standard InChI is InChI=1S/C13H14ClN3S/c1-10-6-7-16-13(17-10)18-9-8-15-12-4-2-11(14)3-5-12/h2-7,15H,8-9H2,1H3. The molecule has 0 fully saturated rings. The third-order valence-electron chi connectivity index (χ3n) is 2.28. The van der Waals surface area contributed by atoms with Gasteiger partial charge in [-0.1, -0.05) is 23.4 Å². The lowest BCUT2D eigenvalue weighted by Gasteiger charge is -2.05. The smallest absolute Gasteiger partial charge is 0.187 e. The number of nitrogens with zero attached hydrogens (tertiary/aromatic N) is 2. The molecule has 1 N–H and O–H groups in total. The summed E-state index contributed by atoms with van der Waals surface area (Å²) in [5.41, 5.74) is 2.07. The van der Waals surface area contributed by atoms with Gasteiger partial charge in [-0.15, -0.1) is 0 Å². The van der Waals surface area contributed by atoms with Crippen LogP contribution in [0.25, 0.3) is 0 Å². The summed E-state index contributed by atoms with van der Waals surface area (Å²) >= 11 is 7.47. The molecular weight excluding hydrogens is 266 g/mol. The molecule has 94 valence electrons. The molecule has 0 spiro atoms. The van der Waals surface area contributed by atoms with Crippen molar-refractivity contribution in [2.75, 3.05) is 17.6 Å². The molecule has 0 atom stereocenters. The Kier molecular flexibility index (Phi) is 4.84. The van der Waals surface area contributed by atoms with Crippen molar-refractivity contribution in [2.45, 2.75) is 12.1 Å². The molecule has 0 amide bonds. The highest BCUT2D eigenvalue weighted by atomic mass is 35.5. The zero-order valence-electron chi connectivity index (χ0n) is 10.1. The first kappa shape index (κ1) is 13.2. The zero-order chi connectivity index (χ0) is 12.8. The van der Waals surface area contributed by atoms with Crippen LogP contribution >= 0.6 is 23.4 Å². The minimum absolute atomic E-state index is 0.753. The van der Waals surface area contributed by atoms with Gasteiger partial charge in [0.25, 0.3) is 0 Å². The average Bonchev–Trinajstić information content (AvgIpc) is 2.37. The van der Waals surface area contributed by atoms with Crippen molar-refractivity contribution < 1.29 is 0 Å². The molecule has 0 unspecified atom stereocenters. The minimum Gasteiger partial charge on any atom is -0.384 e. The highest BCUT2D eigenvalue weighted by Crippen LogP contribution is 2.15. The molecule has 0 aliphatic carbocycles. The number of aryl methyl sites for hydroxylation is 1. The van der Waals surface area contributed by atoms with E-state index in [9.17, 15) is 0 Å². The fourth-order valence-electron chi connectivity index (χ4n) is 1.40. The monoisotopic (exact) mass is 279 g/mol. The quantitative estimate of drug-likeness (QED) is 0.515. The number of halogens is 1. The van der Waals surface area contributed by atoms with E-state index >= 15 is 0 Å². The van der Waals surface area contributed by atoms with Crippen LogP contribution < -0.4 is 5.32 Å². The maximum absolute atomic E-state index is 5.82. The summed E-state index contributed by atoms with van der Waals surface area (Å²) in [6.07, 6.45) is 1.79. The zero-order valence-corrected chi connectivity index (χ0v) is 11.6. The van der Waals surface area contributed by atoms with E-state index in [-0.39, 0.29) is 0 Å². The largest absolute Gasteiger partial charge is 0.384 e. The highest BCUT2D eigenvalue weighted by molar-refractivity contribution is 7.99. The number of nitrogens with one attached hydrogen (secondary N) is 1. The Hall–Kier alpha value is -1.26. The maximum atomic E-state index is 5.82. The van der Waals surface area contributed by atoms with Gasteiger partial charge < -0.3 is 5.32 Å². The number of thioether (sulfide) groups is 1. The van der Waals surface area contributed by atoms with Gasteiger partial charge in [0.2, 0.25) is 0 Å². The van der Waals surface area contributed by atoms with Crippen molar-refractivity contribution in [2.24, 2.45) is 0 Å². The Morgan fingerprint density at radius 3 is 2.72 bits per heavy atom. The van der Waals surface area contributed by atoms with Gasteiger partial charge in [-0.05, 0) is 37.3 Å². The highest BCUT2D eigenvalue weighted by Gasteiger charge is 1.97. The molecule has 0 aliphatic rings. The molecule has 0 saturated heterocycles. The molecule has 1 heterocycles. The van der Waals surface area contributed by atoms with Crippen LogP contribution in [-0.2, 0) is 0 Å². The lowest BCUT2D eigenvalue weighted by molar-refractivity contribution is 0.931. The normalized spacial score (nSPS) is 10.3. The molecule has 5 heteroatoms. The molecule has 0 bridgehead atoms. The van der Waals surface area contributed by atoms with Gasteiger partial charge >= 0.3 is 0 Å². The lowest BCUT2D eigenvalue weighted by atomic mass is 10.3. The van der Waals surface area contributed by atoms with E-state index in [2.05, 4.69) is 15.3 Å². The van der Waals surface area contributed by atoms with E-state index in [1.165, 1.54) is 0 Å². The van der Waals surface area contributed by atoms with E-state index < -0.39 is 0 Å². The van der Waals surface area contributed by atoms with E-state index in [1.807, 2.05) is 37.3 Å². The Balaban J connectivity index is 1.74. The van der Waals surface area contributed by atoms with Gasteiger partial charge in [0, 0.05) is 34.9 Å². The molecule has 0 radical (unpaired) electrons. The van der Waals surface area contributed by atoms with Gasteiger partial charge in [-0.2, -0.15) is 0 Å². The molecular formula is C13H14ClN3S. The number of hydrogen-bond acceptors (Lipinski definition) is 4.